The molecule has 6 nitrogen and oxygen atoms in total. The molecule has 2 heterocycles. The zero-order valence-corrected chi connectivity index (χ0v) is 18.8. The van der Waals surface area contributed by atoms with Gasteiger partial charge in [-0.1, -0.05) is 33.1 Å². The molecule has 1 aromatic carbocycles. The molecule has 0 unspecified atom stereocenters. The number of phenolic OH excluding ortho intramolecular Hbond substituents is 1. The molecule has 0 spiro atoms. The lowest BCUT2D eigenvalue weighted by molar-refractivity contribution is 0.441. The molecule has 0 radical (unpaired) electrons. The second-order valence-corrected chi connectivity index (χ2v) is 10.3. The van der Waals surface area contributed by atoms with Gasteiger partial charge in [-0.25, -0.2) is 9.97 Å². The first-order chi connectivity index (χ1) is 14.4. The van der Waals surface area contributed by atoms with Crippen LogP contribution in [0.15, 0.2) is 18.5 Å². The van der Waals surface area contributed by atoms with Crippen molar-refractivity contribution in [3.63, 3.8) is 0 Å². The van der Waals surface area contributed by atoms with Crippen LogP contribution in [0.2, 0.25) is 0 Å². The number of benzene rings is 1. The molecule has 7 heteroatoms. The molecule has 0 atom stereocenters. The molecule has 0 amide bonds. The van der Waals surface area contributed by atoms with Crippen molar-refractivity contribution < 1.29 is 5.11 Å². The molecule has 1 saturated heterocycles. The lowest BCUT2D eigenvalue weighted by Crippen LogP contribution is -2.29. The van der Waals surface area contributed by atoms with Gasteiger partial charge < -0.3 is 20.9 Å². The van der Waals surface area contributed by atoms with E-state index in [0.29, 0.717) is 17.6 Å². The van der Waals surface area contributed by atoms with Crippen LogP contribution in [-0.2, 0) is 11.8 Å². The number of aromatic nitrogens is 2. The Kier molecular flexibility index (Phi) is 6.11. The van der Waals surface area contributed by atoms with Crippen molar-refractivity contribution in [3.05, 3.63) is 29.6 Å². The van der Waals surface area contributed by atoms with Gasteiger partial charge in [-0.05, 0) is 60.7 Å². The first kappa shape index (κ1) is 21.2. The fourth-order valence-corrected chi connectivity index (χ4v) is 5.93. The first-order valence-corrected chi connectivity index (χ1v) is 11.9. The molecule has 5 N–H and O–H groups in total. The Morgan fingerprint density at radius 3 is 2.53 bits per heavy atom. The molecular formula is C23H33N5OS. The van der Waals surface area contributed by atoms with Crippen molar-refractivity contribution in [1.29, 1.82) is 0 Å². The highest BCUT2D eigenvalue weighted by molar-refractivity contribution is 8.00. The van der Waals surface area contributed by atoms with Gasteiger partial charge in [0.15, 0.2) is 0 Å². The van der Waals surface area contributed by atoms with Crippen molar-refractivity contribution in [2.75, 3.05) is 22.3 Å². The van der Waals surface area contributed by atoms with Crippen molar-refractivity contribution in [3.8, 4) is 17.0 Å². The third-order valence-corrected chi connectivity index (χ3v) is 7.49. The van der Waals surface area contributed by atoms with Crippen LogP contribution < -0.4 is 15.8 Å². The summed E-state index contributed by atoms with van der Waals surface area (Å²) in [7, 11) is 0. The number of phenols is 1. The Balaban J connectivity index is 0.000000265. The van der Waals surface area contributed by atoms with Gasteiger partial charge >= 0.3 is 0 Å². The van der Waals surface area contributed by atoms with E-state index in [-0.39, 0.29) is 5.41 Å². The van der Waals surface area contributed by atoms with Gasteiger partial charge in [0.25, 0.3) is 0 Å². The van der Waals surface area contributed by atoms with Crippen LogP contribution in [-0.4, -0.2) is 33.4 Å². The van der Waals surface area contributed by atoms with Crippen LogP contribution in [0.25, 0.3) is 11.3 Å². The van der Waals surface area contributed by atoms with Gasteiger partial charge in [0.2, 0.25) is 0 Å². The summed E-state index contributed by atoms with van der Waals surface area (Å²) in [5, 5.41) is 10.5. The van der Waals surface area contributed by atoms with Gasteiger partial charge in [-0.15, -0.1) is 0 Å². The smallest absolute Gasteiger partial charge is 0.140 e. The molecule has 5 rings (SSSR count). The second-order valence-electron chi connectivity index (χ2n) is 9.19. The number of nitrogens with two attached hydrogens (primary N) is 2. The zero-order chi connectivity index (χ0) is 21.3. The summed E-state index contributed by atoms with van der Waals surface area (Å²) < 4.78 is 2.22. The Morgan fingerprint density at radius 2 is 1.90 bits per heavy atom. The van der Waals surface area contributed by atoms with Crippen LogP contribution in [0.1, 0.15) is 63.5 Å². The average molecular weight is 428 g/mol. The minimum absolute atomic E-state index is 0.166. The van der Waals surface area contributed by atoms with E-state index in [1.54, 1.807) is 18.0 Å². The van der Waals surface area contributed by atoms with E-state index in [9.17, 15) is 5.11 Å². The number of aromatic hydroxyl groups is 1. The molecule has 3 aliphatic rings. The van der Waals surface area contributed by atoms with Gasteiger partial charge in [0.05, 0.1) is 11.4 Å². The third-order valence-electron chi connectivity index (χ3n) is 6.34. The minimum atomic E-state index is -0.166. The summed E-state index contributed by atoms with van der Waals surface area (Å²) >= 11 is 1.78. The van der Waals surface area contributed by atoms with Crippen LogP contribution >= 0.6 is 11.9 Å². The maximum atomic E-state index is 10.5. The molecule has 2 aliphatic carbocycles. The minimum Gasteiger partial charge on any atom is -0.506 e. The summed E-state index contributed by atoms with van der Waals surface area (Å²) in [5.74, 6) is 1.99. The lowest BCUT2D eigenvalue weighted by atomic mass is 9.71. The quantitative estimate of drug-likeness (QED) is 0.580. The second kappa shape index (κ2) is 8.63. The van der Waals surface area contributed by atoms with E-state index in [1.165, 1.54) is 38.4 Å². The van der Waals surface area contributed by atoms with E-state index in [4.69, 9.17) is 11.5 Å². The van der Waals surface area contributed by atoms with E-state index in [1.807, 2.05) is 6.07 Å². The Morgan fingerprint density at radius 1 is 1.13 bits per heavy atom. The van der Waals surface area contributed by atoms with Crippen molar-refractivity contribution in [2.45, 2.75) is 70.3 Å². The SMILES string of the molecule is CC1(C)Cc2c(ccc(O)c2N2CCCS2)-c2ncnc(N)c21.NC1CCCCC1. The first-order valence-electron chi connectivity index (χ1n) is 11.0. The third kappa shape index (κ3) is 4.10. The lowest BCUT2D eigenvalue weighted by Gasteiger charge is -2.36. The highest BCUT2D eigenvalue weighted by Gasteiger charge is 2.37. The number of hydrogen-bond donors (Lipinski definition) is 3. The Hall–Kier alpha value is -1.99. The van der Waals surface area contributed by atoms with E-state index in [0.717, 1.165) is 53.2 Å². The largest absolute Gasteiger partial charge is 0.506 e. The molecule has 30 heavy (non-hydrogen) atoms. The van der Waals surface area contributed by atoms with Gasteiger partial charge in [0.1, 0.15) is 17.9 Å². The molecule has 1 aliphatic heterocycles. The monoisotopic (exact) mass is 427 g/mol. The van der Waals surface area contributed by atoms with Crippen LogP contribution in [0.5, 0.6) is 5.75 Å². The molecule has 2 aromatic rings. The maximum Gasteiger partial charge on any atom is 0.140 e. The fourth-order valence-electron chi connectivity index (χ4n) is 4.86. The highest BCUT2D eigenvalue weighted by Crippen LogP contribution is 2.50. The van der Waals surface area contributed by atoms with E-state index < -0.39 is 0 Å². The van der Waals surface area contributed by atoms with Crippen molar-refractivity contribution in [2.24, 2.45) is 5.73 Å². The standard InChI is InChI=1S/C17H20N4OS.C6H13N/c1-17(2)8-11-10(14-13(17)16(18)20-9-19-14)4-5-12(22)15(11)21-6-3-7-23-21;7-6-4-2-1-3-5-6/h4-5,9,22H,3,6-8H2,1-2H3,(H2,18,19,20);6H,1-5,7H2. The van der Waals surface area contributed by atoms with E-state index >= 15 is 0 Å². The van der Waals surface area contributed by atoms with Gasteiger partial charge in [0, 0.05) is 29.5 Å². The van der Waals surface area contributed by atoms with Crippen molar-refractivity contribution in [1.82, 2.24) is 9.97 Å². The number of anilines is 2. The predicted molar refractivity (Wildman–Crippen MR) is 126 cm³/mol. The van der Waals surface area contributed by atoms with Crippen LogP contribution in [0, 0.1) is 0 Å². The number of fused-ring (bicyclic) bond motifs is 3. The number of rotatable bonds is 1. The topological polar surface area (TPSA) is 101 Å². The van der Waals surface area contributed by atoms with Crippen LogP contribution in [0.3, 0.4) is 0 Å². The number of nitrogen functional groups attached to an aromatic ring is 1. The highest BCUT2D eigenvalue weighted by atomic mass is 32.2. The Labute approximate surface area is 183 Å². The number of nitrogens with zero attached hydrogens (tertiary/aromatic N) is 3. The van der Waals surface area contributed by atoms with Crippen LogP contribution in [0.4, 0.5) is 11.5 Å². The summed E-state index contributed by atoms with van der Waals surface area (Å²) in [6.07, 6.45) is 10.1. The molecule has 1 aromatic heterocycles. The van der Waals surface area contributed by atoms with E-state index in [2.05, 4.69) is 28.1 Å². The number of hydrogen-bond acceptors (Lipinski definition) is 7. The predicted octanol–water partition coefficient (Wildman–Crippen LogP) is 4.40. The molecule has 0 bridgehead atoms. The zero-order valence-electron chi connectivity index (χ0n) is 18.0. The fraction of sp³-hybridized carbons (Fsp3) is 0.565. The summed E-state index contributed by atoms with van der Waals surface area (Å²) in [4.78, 5) is 8.70. The summed E-state index contributed by atoms with van der Waals surface area (Å²) in [5.41, 5.74) is 16.7. The molecular weight excluding hydrogens is 394 g/mol. The van der Waals surface area contributed by atoms with Crippen molar-refractivity contribution >= 4 is 23.5 Å². The normalized spacial score (nSPS) is 20.2. The molecule has 162 valence electrons. The molecule has 1 saturated carbocycles. The maximum absolute atomic E-state index is 10.5. The van der Waals surface area contributed by atoms with Gasteiger partial charge in [-0.2, -0.15) is 0 Å². The average Bonchev–Trinajstić information content (AvgIpc) is 3.22. The summed E-state index contributed by atoms with van der Waals surface area (Å²) in [6.45, 7) is 5.30. The van der Waals surface area contributed by atoms with Gasteiger partial charge in [-0.3, -0.25) is 0 Å². The molecule has 2 fully saturated rings. The summed E-state index contributed by atoms with van der Waals surface area (Å²) in [6, 6.07) is 4.26. The Bertz CT molecular complexity index is 905.